The van der Waals surface area contributed by atoms with Gasteiger partial charge in [0, 0.05) is 31.8 Å². The maximum atomic E-state index is 5.57. The molecule has 4 nitrogen and oxygen atoms in total. The second-order valence-electron chi connectivity index (χ2n) is 4.99. The maximum absolute atomic E-state index is 5.57. The van der Waals surface area contributed by atoms with Crippen molar-refractivity contribution in [3.63, 3.8) is 0 Å². The third-order valence-corrected chi connectivity index (χ3v) is 3.89. The molecular formula is C13H26N2O2. The lowest BCUT2D eigenvalue weighted by atomic mass is 9.94. The molecule has 2 rings (SSSR count). The number of rotatable bonds is 6. The Hall–Kier alpha value is -0.160. The molecule has 2 aliphatic rings. The van der Waals surface area contributed by atoms with E-state index in [0.717, 1.165) is 45.4 Å². The van der Waals surface area contributed by atoms with Crippen LogP contribution in [0.3, 0.4) is 0 Å². The van der Waals surface area contributed by atoms with E-state index < -0.39 is 0 Å². The van der Waals surface area contributed by atoms with E-state index in [9.17, 15) is 0 Å². The van der Waals surface area contributed by atoms with Gasteiger partial charge in [-0.1, -0.05) is 6.42 Å². The molecule has 1 saturated heterocycles. The van der Waals surface area contributed by atoms with Gasteiger partial charge < -0.3 is 20.1 Å². The van der Waals surface area contributed by atoms with Crippen LogP contribution < -0.4 is 10.6 Å². The lowest BCUT2D eigenvalue weighted by Crippen LogP contribution is -2.51. The minimum absolute atomic E-state index is 0.552. The first kappa shape index (κ1) is 13.3. The largest absolute Gasteiger partial charge is 0.380 e. The van der Waals surface area contributed by atoms with Crippen LogP contribution in [0.4, 0.5) is 0 Å². The molecule has 0 amide bonds. The number of nitrogens with one attached hydrogen (secondary N) is 2. The first-order chi connectivity index (χ1) is 8.42. The molecule has 0 aromatic heterocycles. The Kier molecular flexibility index (Phi) is 5.71. The quantitative estimate of drug-likeness (QED) is 0.675. The predicted octanol–water partition coefficient (Wildman–Crippen LogP) is 0.770. The minimum Gasteiger partial charge on any atom is -0.380 e. The van der Waals surface area contributed by atoms with Crippen molar-refractivity contribution in [2.24, 2.45) is 5.92 Å². The number of ether oxygens (including phenoxy) is 2. The maximum Gasteiger partial charge on any atom is 0.0623 e. The van der Waals surface area contributed by atoms with E-state index in [2.05, 4.69) is 10.6 Å². The second kappa shape index (κ2) is 7.31. The Bertz CT molecular complexity index is 208. The fourth-order valence-electron chi connectivity index (χ4n) is 3.05. The molecule has 1 aliphatic carbocycles. The van der Waals surface area contributed by atoms with E-state index in [1.54, 1.807) is 0 Å². The van der Waals surface area contributed by atoms with Crippen molar-refractivity contribution in [3.05, 3.63) is 0 Å². The third kappa shape index (κ3) is 3.91. The van der Waals surface area contributed by atoms with Gasteiger partial charge in [-0.15, -0.1) is 0 Å². The van der Waals surface area contributed by atoms with Gasteiger partial charge in [0.25, 0.3) is 0 Å². The van der Waals surface area contributed by atoms with Gasteiger partial charge in [-0.2, -0.15) is 0 Å². The van der Waals surface area contributed by atoms with Crippen molar-refractivity contribution < 1.29 is 9.47 Å². The first-order valence-corrected chi connectivity index (χ1v) is 7.04. The average Bonchev–Trinajstić information content (AvgIpc) is 2.84. The van der Waals surface area contributed by atoms with Crippen molar-refractivity contribution in [3.8, 4) is 0 Å². The Labute approximate surface area is 104 Å². The van der Waals surface area contributed by atoms with Gasteiger partial charge in [-0.25, -0.2) is 0 Å². The highest BCUT2D eigenvalue weighted by atomic mass is 16.5. The minimum atomic E-state index is 0.552. The standard InChI is InChI=1S/C13H26N2O2/c1-2-16-8-6-14-12-5-3-4-11(12)13-10-17-9-7-15-13/h11-15H,2-10H2,1H3. The molecule has 0 radical (unpaired) electrons. The van der Waals surface area contributed by atoms with Crippen LogP contribution in [0.1, 0.15) is 26.2 Å². The summed E-state index contributed by atoms with van der Waals surface area (Å²) in [4.78, 5) is 0. The zero-order chi connectivity index (χ0) is 11.9. The lowest BCUT2D eigenvalue weighted by molar-refractivity contribution is 0.0517. The first-order valence-electron chi connectivity index (χ1n) is 7.04. The molecule has 3 atom stereocenters. The topological polar surface area (TPSA) is 42.5 Å². The van der Waals surface area contributed by atoms with E-state index >= 15 is 0 Å². The number of hydrogen-bond acceptors (Lipinski definition) is 4. The lowest BCUT2D eigenvalue weighted by Gasteiger charge is -2.33. The molecule has 0 bridgehead atoms. The van der Waals surface area contributed by atoms with E-state index in [-0.39, 0.29) is 0 Å². The summed E-state index contributed by atoms with van der Waals surface area (Å²) in [7, 11) is 0. The summed E-state index contributed by atoms with van der Waals surface area (Å²) >= 11 is 0. The summed E-state index contributed by atoms with van der Waals surface area (Å²) in [6.07, 6.45) is 3.97. The van der Waals surface area contributed by atoms with E-state index in [4.69, 9.17) is 9.47 Å². The molecule has 0 aromatic carbocycles. The molecule has 1 heterocycles. The van der Waals surface area contributed by atoms with Crippen LogP contribution in [-0.4, -0.2) is 51.6 Å². The smallest absolute Gasteiger partial charge is 0.0623 e. The van der Waals surface area contributed by atoms with Crippen LogP contribution in [0, 0.1) is 5.92 Å². The van der Waals surface area contributed by atoms with Crippen LogP contribution in [0.2, 0.25) is 0 Å². The molecule has 1 aliphatic heterocycles. The van der Waals surface area contributed by atoms with Crippen molar-refractivity contribution >= 4 is 0 Å². The summed E-state index contributed by atoms with van der Waals surface area (Å²) in [5.74, 6) is 0.733. The van der Waals surface area contributed by atoms with Crippen LogP contribution in [0.15, 0.2) is 0 Å². The zero-order valence-corrected chi connectivity index (χ0v) is 10.9. The molecule has 4 heteroatoms. The molecule has 2 N–H and O–H groups in total. The SMILES string of the molecule is CCOCCNC1CCCC1C1COCCN1. The van der Waals surface area contributed by atoms with Gasteiger partial charge >= 0.3 is 0 Å². The molecule has 3 unspecified atom stereocenters. The van der Waals surface area contributed by atoms with Crippen LogP contribution in [0.5, 0.6) is 0 Å². The van der Waals surface area contributed by atoms with Crippen LogP contribution >= 0.6 is 0 Å². The average molecular weight is 242 g/mol. The van der Waals surface area contributed by atoms with Crippen molar-refractivity contribution in [2.45, 2.75) is 38.3 Å². The summed E-state index contributed by atoms with van der Waals surface area (Å²) in [5, 5.41) is 7.24. The van der Waals surface area contributed by atoms with Gasteiger partial charge in [0.15, 0.2) is 0 Å². The molecule has 1 saturated carbocycles. The molecule has 100 valence electrons. The normalized spacial score (nSPS) is 34.1. The molecule has 2 fully saturated rings. The van der Waals surface area contributed by atoms with Gasteiger partial charge in [-0.3, -0.25) is 0 Å². The Morgan fingerprint density at radius 3 is 3.12 bits per heavy atom. The molecule has 0 aromatic rings. The summed E-state index contributed by atoms with van der Waals surface area (Å²) in [5.41, 5.74) is 0. The van der Waals surface area contributed by atoms with Crippen molar-refractivity contribution in [2.75, 3.05) is 39.5 Å². The molecular weight excluding hydrogens is 216 g/mol. The van der Waals surface area contributed by atoms with Gasteiger partial charge in [0.05, 0.1) is 19.8 Å². The summed E-state index contributed by atoms with van der Waals surface area (Å²) < 4.78 is 10.9. The van der Waals surface area contributed by atoms with E-state index in [0.29, 0.717) is 12.1 Å². The highest BCUT2D eigenvalue weighted by molar-refractivity contribution is 4.91. The fraction of sp³-hybridized carbons (Fsp3) is 1.00. The van der Waals surface area contributed by atoms with Gasteiger partial charge in [0.1, 0.15) is 0 Å². The molecule has 0 spiro atoms. The Morgan fingerprint density at radius 2 is 2.35 bits per heavy atom. The highest BCUT2D eigenvalue weighted by Gasteiger charge is 2.34. The van der Waals surface area contributed by atoms with E-state index in [1.807, 2.05) is 6.92 Å². The zero-order valence-electron chi connectivity index (χ0n) is 10.9. The van der Waals surface area contributed by atoms with Crippen molar-refractivity contribution in [1.82, 2.24) is 10.6 Å². The Morgan fingerprint density at radius 1 is 1.41 bits per heavy atom. The van der Waals surface area contributed by atoms with Crippen LogP contribution in [-0.2, 0) is 9.47 Å². The summed E-state index contributed by atoms with van der Waals surface area (Å²) in [6, 6.07) is 1.20. The Balaban J connectivity index is 1.72. The van der Waals surface area contributed by atoms with Crippen LogP contribution in [0.25, 0.3) is 0 Å². The van der Waals surface area contributed by atoms with Gasteiger partial charge in [0.2, 0.25) is 0 Å². The van der Waals surface area contributed by atoms with E-state index in [1.165, 1.54) is 19.3 Å². The van der Waals surface area contributed by atoms with Gasteiger partial charge in [-0.05, 0) is 25.7 Å². The summed E-state index contributed by atoms with van der Waals surface area (Å²) in [6.45, 7) is 7.42. The highest BCUT2D eigenvalue weighted by Crippen LogP contribution is 2.29. The molecule has 17 heavy (non-hydrogen) atoms. The second-order valence-corrected chi connectivity index (χ2v) is 4.99. The predicted molar refractivity (Wildman–Crippen MR) is 68.2 cm³/mol. The number of morpholine rings is 1. The monoisotopic (exact) mass is 242 g/mol. The number of hydrogen-bond donors (Lipinski definition) is 2. The van der Waals surface area contributed by atoms with Crippen molar-refractivity contribution in [1.29, 1.82) is 0 Å². The third-order valence-electron chi connectivity index (χ3n) is 3.89. The fourth-order valence-corrected chi connectivity index (χ4v) is 3.05.